The molecule has 0 bridgehead atoms. The molecular formula is C24H29N3O3S. The quantitative estimate of drug-likeness (QED) is 0.675. The van der Waals surface area contributed by atoms with E-state index in [1.807, 2.05) is 56.9 Å². The second-order valence-corrected chi connectivity index (χ2v) is 10.0. The summed E-state index contributed by atoms with van der Waals surface area (Å²) in [5, 5.41) is 11.8. The zero-order valence-corrected chi connectivity index (χ0v) is 19.3. The van der Waals surface area contributed by atoms with Crippen LogP contribution in [0.2, 0.25) is 0 Å². The van der Waals surface area contributed by atoms with E-state index in [4.69, 9.17) is 0 Å². The van der Waals surface area contributed by atoms with Crippen LogP contribution in [0.25, 0.3) is 10.2 Å². The number of aliphatic hydroxyl groups is 1. The Morgan fingerprint density at radius 3 is 2.48 bits per heavy atom. The Balaban J connectivity index is 1.45. The molecule has 1 amide bonds. The van der Waals surface area contributed by atoms with Crippen molar-refractivity contribution in [3.8, 4) is 0 Å². The van der Waals surface area contributed by atoms with Crippen molar-refractivity contribution in [1.29, 1.82) is 0 Å². The van der Waals surface area contributed by atoms with Crippen molar-refractivity contribution in [1.82, 2.24) is 14.5 Å². The number of likely N-dealkylation sites (tertiary alicyclic amines) is 1. The van der Waals surface area contributed by atoms with Crippen LogP contribution in [0.5, 0.6) is 0 Å². The predicted molar refractivity (Wildman–Crippen MR) is 124 cm³/mol. The lowest BCUT2D eigenvalue weighted by Gasteiger charge is -2.39. The van der Waals surface area contributed by atoms with E-state index < -0.39 is 5.60 Å². The van der Waals surface area contributed by atoms with Gasteiger partial charge < -0.3 is 10.0 Å². The number of aromatic nitrogens is 2. The highest BCUT2D eigenvalue weighted by atomic mass is 32.1. The van der Waals surface area contributed by atoms with Gasteiger partial charge in [-0.3, -0.25) is 14.2 Å². The van der Waals surface area contributed by atoms with E-state index in [0.29, 0.717) is 31.3 Å². The summed E-state index contributed by atoms with van der Waals surface area (Å²) in [6, 6.07) is 8.05. The van der Waals surface area contributed by atoms with Gasteiger partial charge in [0.1, 0.15) is 4.83 Å². The summed E-state index contributed by atoms with van der Waals surface area (Å²) >= 11 is 1.52. The van der Waals surface area contributed by atoms with Gasteiger partial charge in [0.2, 0.25) is 5.91 Å². The minimum atomic E-state index is -1.03. The molecule has 4 rings (SSSR count). The molecule has 1 atom stereocenters. The number of carbonyl (C=O) groups excluding carboxylic acids is 1. The lowest BCUT2D eigenvalue weighted by Crippen LogP contribution is -2.50. The number of thiophene rings is 1. The zero-order valence-electron chi connectivity index (χ0n) is 18.5. The number of hydrogen-bond donors (Lipinski definition) is 1. The average Bonchev–Trinajstić information content (AvgIpc) is 3.04. The van der Waals surface area contributed by atoms with Crippen LogP contribution in [0.15, 0.2) is 35.4 Å². The minimum Gasteiger partial charge on any atom is -0.388 e. The monoisotopic (exact) mass is 439 g/mol. The number of benzene rings is 1. The zero-order chi connectivity index (χ0) is 22.3. The molecule has 1 aromatic carbocycles. The number of fused-ring (bicyclic) bond motifs is 1. The van der Waals surface area contributed by atoms with Crippen LogP contribution in [0.1, 0.15) is 47.3 Å². The number of hydrogen-bond acceptors (Lipinski definition) is 5. The van der Waals surface area contributed by atoms with Crippen LogP contribution in [0.3, 0.4) is 0 Å². The van der Waals surface area contributed by atoms with Crippen LogP contribution in [-0.2, 0) is 11.3 Å². The fraction of sp³-hybridized carbons (Fsp3) is 0.458. The smallest absolute Gasteiger partial charge is 0.262 e. The summed E-state index contributed by atoms with van der Waals surface area (Å²) in [4.78, 5) is 34.0. The molecule has 0 unspecified atom stereocenters. The van der Waals surface area contributed by atoms with Crippen LogP contribution in [0, 0.1) is 20.8 Å². The van der Waals surface area contributed by atoms with Crippen molar-refractivity contribution in [3.05, 3.63) is 62.5 Å². The highest BCUT2D eigenvalue weighted by Crippen LogP contribution is 2.28. The van der Waals surface area contributed by atoms with Gasteiger partial charge in [0, 0.05) is 18.0 Å². The maximum absolute atomic E-state index is 13.0. The van der Waals surface area contributed by atoms with E-state index in [1.165, 1.54) is 27.8 Å². The molecule has 0 spiro atoms. The van der Waals surface area contributed by atoms with Crippen LogP contribution in [-0.4, -0.2) is 44.2 Å². The first kappa shape index (κ1) is 21.7. The Bertz CT molecular complexity index is 1170. The number of carbonyl (C=O) groups is 1. The molecule has 1 aliphatic rings. The van der Waals surface area contributed by atoms with Gasteiger partial charge in [0.15, 0.2) is 0 Å². The van der Waals surface area contributed by atoms with E-state index in [-0.39, 0.29) is 23.9 Å². The van der Waals surface area contributed by atoms with Crippen molar-refractivity contribution in [2.45, 2.75) is 58.6 Å². The number of amides is 1. The Kier molecular flexibility index (Phi) is 5.75. The van der Waals surface area contributed by atoms with Gasteiger partial charge in [-0.25, -0.2) is 4.98 Å². The molecule has 6 nitrogen and oxygen atoms in total. The Labute approximate surface area is 186 Å². The molecule has 2 aromatic heterocycles. The van der Waals surface area contributed by atoms with E-state index in [0.717, 1.165) is 20.8 Å². The lowest BCUT2D eigenvalue weighted by molar-refractivity contribution is -0.137. The molecule has 3 aromatic rings. The highest BCUT2D eigenvalue weighted by Gasteiger charge is 2.36. The third-order valence-electron chi connectivity index (χ3n) is 6.57. The van der Waals surface area contributed by atoms with Gasteiger partial charge in [0.25, 0.3) is 5.56 Å². The van der Waals surface area contributed by atoms with E-state index in [2.05, 4.69) is 4.98 Å². The predicted octanol–water partition coefficient (Wildman–Crippen LogP) is 3.54. The molecule has 164 valence electrons. The lowest BCUT2D eigenvalue weighted by atomic mass is 9.89. The summed E-state index contributed by atoms with van der Waals surface area (Å²) in [7, 11) is 0. The van der Waals surface area contributed by atoms with E-state index >= 15 is 0 Å². The molecule has 1 aliphatic heterocycles. The molecular weight excluding hydrogens is 410 g/mol. The second kappa shape index (κ2) is 8.20. The summed E-state index contributed by atoms with van der Waals surface area (Å²) in [5.41, 5.74) is 2.00. The van der Waals surface area contributed by atoms with Crippen molar-refractivity contribution in [3.63, 3.8) is 0 Å². The summed E-state index contributed by atoms with van der Waals surface area (Å²) in [5.74, 6) is -0.138. The molecule has 1 saturated heterocycles. The first-order valence-electron chi connectivity index (χ1n) is 10.7. The molecule has 7 heteroatoms. The number of nitrogens with zero attached hydrogens (tertiary/aromatic N) is 3. The molecule has 3 heterocycles. The number of rotatable bonds is 4. The molecule has 0 radical (unpaired) electrons. The average molecular weight is 440 g/mol. The van der Waals surface area contributed by atoms with Gasteiger partial charge in [-0.05, 0) is 51.7 Å². The fourth-order valence-corrected chi connectivity index (χ4v) is 5.26. The number of aryl methyl sites for hydroxylation is 3. The van der Waals surface area contributed by atoms with Crippen LogP contribution >= 0.6 is 11.3 Å². The molecule has 1 fully saturated rings. The Morgan fingerprint density at radius 2 is 1.84 bits per heavy atom. The van der Waals surface area contributed by atoms with Gasteiger partial charge in [-0.1, -0.05) is 29.8 Å². The topological polar surface area (TPSA) is 75.4 Å². The normalized spacial score (nSPS) is 17.1. The van der Waals surface area contributed by atoms with E-state index in [1.54, 1.807) is 0 Å². The molecule has 0 saturated carbocycles. The van der Waals surface area contributed by atoms with Gasteiger partial charge in [-0.15, -0.1) is 11.3 Å². The third-order valence-corrected chi connectivity index (χ3v) is 7.69. The first-order valence-corrected chi connectivity index (χ1v) is 11.5. The summed E-state index contributed by atoms with van der Waals surface area (Å²) in [6.07, 6.45) is 2.41. The second-order valence-electron chi connectivity index (χ2n) is 8.82. The van der Waals surface area contributed by atoms with Gasteiger partial charge in [0.05, 0.1) is 29.8 Å². The van der Waals surface area contributed by atoms with Crippen LogP contribution < -0.4 is 5.56 Å². The van der Waals surface area contributed by atoms with Crippen LogP contribution in [0.4, 0.5) is 0 Å². The number of piperidine rings is 1. The highest BCUT2D eigenvalue weighted by molar-refractivity contribution is 7.18. The summed E-state index contributed by atoms with van der Waals surface area (Å²) < 4.78 is 1.52. The summed E-state index contributed by atoms with van der Waals surface area (Å²) in [6.45, 7) is 9.04. The Morgan fingerprint density at radius 1 is 1.19 bits per heavy atom. The molecule has 31 heavy (non-hydrogen) atoms. The van der Waals surface area contributed by atoms with Crippen molar-refractivity contribution in [2.24, 2.45) is 0 Å². The largest absolute Gasteiger partial charge is 0.388 e. The van der Waals surface area contributed by atoms with Crippen molar-refractivity contribution in [2.75, 3.05) is 13.1 Å². The first-order chi connectivity index (χ1) is 14.7. The fourth-order valence-electron chi connectivity index (χ4n) is 4.27. The molecule has 0 aliphatic carbocycles. The standard InChI is InChI=1S/C24H29N3O3S/c1-15-5-7-19(8-6-15)17(3)22(28)26-11-9-24(30,10-12-26)13-27-14-25-21-20(23(27)29)16(2)18(4)31-21/h5-8,14,17,30H,9-13H2,1-4H3/t17-/m0/s1. The van der Waals surface area contributed by atoms with E-state index in [9.17, 15) is 14.7 Å². The Hall–Kier alpha value is -2.51. The maximum Gasteiger partial charge on any atom is 0.262 e. The van der Waals surface area contributed by atoms with Crippen molar-refractivity contribution < 1.29 is 9.90 Å². The third kappa shape index (κ3) is 4.16. The maximum atomic E-state index is 13.0. The van der Waals surface area contributed by atoms with Crippen molar-refractivity contribution >= 4 is 27.5 Å². The van der Waals surface area contributed by atoms with Gasteiger partial charge >= 0.3 is 0 Å². The SMILES string of the molecule is Cc1ccc([C@H](C)C(=O)N2CCC(O)(Cn3cnc4sc(C)c(C)c4c3=O)CC2)cc1. The van der Waals surface area contributed by atoms with Gasteiger partial charge in [-0.2, -0.15) is 0 Å². The molecule has 1 N–H and O–H groups in total. The minimum absolute atomic E-state index is 0.0792.